The van der Waals surface area contributed by atoms with E-state index < -0.39 is 34.1 Å². The largest absolute Gasteiger partial charge is 0.466 e. The first kappa shape index (κ1) is 24.4. The van der Waals surface area contributed by atoms with Gasteiger partial charge in [0.05, 0.1) is 30.8 Å². The molecule has 0 heterocycles. The van der Waals surface area contributed by atoms with Gasteiger partial charge in [0.15, 0.2) is 0 Å². The van der Waals surface area contributed by atoms with Crippen molar-refractivity contribution in [2.45, 2.75) is 45.3 Å². The molecule has 7 nitrogen and oxygen atoms in total. The average molecular weight is 440 g/mol. The quantitative estimate of drug-likeness (QED) is 0.428. The van der Waals surface area contributed by atoms with E-state index in [1.807, 2.05) is 13.0 Å². The predicted molar refractivity (Wildman–Crippen MR) is 116 cm³/mol. The van der Waals surface area contributed by atoms with Gasteiger partial charge in [-0.05, 0) is 43.7 Å². The number of para-hydroxylation sites is 1. The minimum Gasteiger partial charge on any atom is -0.466 e. The van der Waals surface area contributed by atoms with E-state index in [0.29, 0.717) is 12.1 Å². The highest BCUT2D eigenvalue weighted by Crippen LogP contribution is 2.41. The first-order valence-corrected chi connectivity index (χ1v) is 12.0. The molecule has 0 saturated heterocycles. The smallest absolute Gasteiger partial charge is 0.330 e. The van der Waals surface area contributed by atoms with E-state index >= 15 is 0 Å². The molecule has 2 rings (SSSR count). The number of sulfonamides is 1. The number of allylic oxidation sites excluding steroid dienone is 1. The second-order valence-corrected chi connectivity index (χ2v) is 9.89. The maximum absolute atomic E-state index is 12.8. The fourth-order valence-corrected chi connectivity index (χ4v) is 5.51. The summed E-state index contributed by atoms with van der Waals surface area (Å²) < 4.78 is 31.6. The zero-order valence-corrected chi connectivity index (χ0v) is 18.7. The van der Waals surface area contributed by atoms with Crippen molar-refractivity contribution in [1.29, 1.82) is 0 Å². The summed E-state index contributed by atoms with van der Waals surface area (Å²) in [6, 6.07) is 8.83. The van der Waals surface area contributed by atoms with E-state index in [1.54, 1.807) is 37.3 Å². The van der Waals surface area contributed by atoms with Gasteiger partial charge in [0, 0.05) is 18.5 Å². The Bertz CT molecular complexity index is 810. The van der Waals surface area contributed by atoms with Crippen molar-refractivity contribution >= 4 is 21.7 Å². The third kappa shape index (κ3) is 5.83. The lowest BCUT2D eigenvalue weighted by atomic mass is 9.78. The molecular formula is C22H33NO6S. The second kappa shape index (κ2) is 10.9. The van der Waals surface area contributed by atoms with Crippen LogP contribution in [0.3, 0.4) is 0 Å². The molecule has 5 atom stereocenters. The number of aliphatic hydroxyl groups excluding tert-OH is 2. The number of ether oxygens (including phenoxy) is 1. The molecule has 0 unspecified atom stereocenters. The fourth-order valence-electron chi connectivity index (χ4n) is 4.35. The van der Waals surface area contributed by atoms with Crippen molar-refractivity contribution in [2.75, 3.05) is 23.7 Å². The highest BCUT2D eigenvalue weighted by molar-refractivity contribution is 7.92. The molecule has 0 radical (unpaired) electrons. The number of nitrogens with zero attached hydrogens (tertiary/aromatic N) is 1. The topological polar surface area (TPSA) is 104 Å². The third-order valence-electron chi connectivity index (χ3n) is 6.00. The van der Waals surface area contributed by atoms with Crippen LogP contribution >= 0.6 is 0 Å². The molecule has 0 spiro atoms. The van der Waals surface area contributed by atoms with Gasteiger partial charge in [-0.15, -0.1) is 0 Å². The van der Waals surface area contributed by atoms with Gasteiger partial charge >= 0.3 is 5.97 Å². The average Bonchev–Trinajstić information content (AvgIpc) is 3.02. The van der Waals surface area contributed by atoms with E-state index in [-0.39, 0.29) is 30.6 Å². The summed E-state index contributed by atoms with van der Waals surface area (Å²) in [5.74, 6) is -1.22. The van der Waals surface area contributed by atoms with Gasteiger partial charge in [-0.25, -0.2) is 13.2 Å². The van der Waals surface area contributed by atoms with Crippen molar-refractivity contribution in [2.24, 2.45) is 17.8 Å². The number of hydrogen-bond donors (Lipinski definition) is 2. The number of carbonyl (C=O) groups is 1. The Kier molecular flexibility index (Phi) is 8.88. The van der Waals surface area contributed by atoms with Gasteiger partial charge in [-0.1, -0.05) is 37.6 Å². The van der Waals surface area contributed by atoms with Gasteiger partial charge in [-0.3, -0.25) is 4.31 Å². The number of methoxy groups -OCH3 is 1. The Morgan fingerprint density at radius 2 is 1.90 bits per heavy atom. The number of carbonyl (C=O) groups excluding carboxylic acids is 1. The number of benzene rings is 1. The van der Waals surface area contributed by atoms with Gasteiger partial charge in [0.2, 0.25) is 10.0 Å². The molecular weight excluding hydrogens is 406 g/mol. The van der Waals surface area contributed by atoms with Gasteiger partial charge in [0.1, 0.15) is 0 Å². The lowest BCUT2D eigenvalue weighted by Crippen LogP contribution is -2.42. The van der Waals surface area contributed by atoms with E-state index in [9.17, 15) is 23.4 Å². The van der Waals surface area contributed by atoms with Crippen molar-refractivity contribution in [3.63, 3.8) is 0 Å². The summed E-state index contributed by atoms with van der Waals surface area (Å²) in [6.45, 7) is 3.68. The fraction of sp³-hybridized carbons (Fsp3) is 0.591. The summed E-state index contributed by atoms with van der Waals surface area (Å²) >= 11 is 0. The Morgan fingerprint density at radius 3 is 2.47 bits per heavy atom. The normalized spacial score (nSPS) is 25.4. The highest BCUT2D eigenvalue weighted by atomic mass is 32.2. The zero-order valence-electron chi connectivity index (χ0n) is 17.8. The van der Waals surface area contributed by atoms with Crippen LogP contribution < -0.4 is 4.31 Å². The van der Waals surface area contributed by atoms with Crippen LogP contribution in [0.1, 0.15) is 33.1 Å². The maximum atomic E-state index is 12.8. The predicted octanol–water partition coefficient (Wildman–Crippen LogP) is 2.35. The zero-order chi connectivity index (χ0) is 22.3. The maximum Gasteiger partial charge on any atom is 0.330 e. The minimum absolute atomic E-state index is 0.00925. The molecule has 0 amide bonds. The molecule has 8 heteroatoms. The lowest BCUT2D eigenvalue weighted by Gasteiger charge is -2.34. The molecule has 1 aliphatic rings. The number of esters is 1. The number of aliphatic hydroxyl groups is 2. The summed E-state index contributed by atoms with van der Waals surface area (Å²) in [6.07, 6.45) is 3.00. The molecule has 2 N–H and O–H groups in total. The minimum atomic E-state index is -3.56. The molecule has 1 saturated carbocycles. The van der Waals surface area contributed by atoms with E-state index in [2.05, 4.69) is 4.74 Å². The number of rotatable bonds is 10. The molecule has 0 aromatic heterocycles. The molecule has 1 aromatic rings. The van der Waals surface area contributed by atoms with Crippen LogP contribution in [-0.2, 0) is 19.6 Å². The van der Waals surface area contributed by atoms with Crippen LogP contribution in [0.25, 0.3) is 0 Å². The van der Waals surface area contributed by atoms with Crippen LogP contribution in [0.4, 0.5) is 5.69 Å². The van der Waals surface area contributed by atoms with E-state index in [1.165, 1.54) is 17.5 Å². The van der Waals surface area contributed by atoms with Crippen LogP contribution in [0.5, 0.6) is 0 Å². The molecule has 1 aromatic carbocycles. The van der Waals surface area contributed by atoms with Crippen LogP contribution in [-0.4, -0.2) is 56.2 Å². The van der Waals surface area contributed by atoms with Crippen molar-refractivity contribution < 1.29 is 28.2 Å². The number of anilines is 1. The number of hydrogen-bond acceptors (Lipinski definition) is 6. The molecule has 168 valence electrons. The molecule has 0 bridgehead atoms. The Morgan fingerprint density at radius 1 is 1.23 bits per heavy atom. The Labute approximate surface area is 179 Å². The van der Waals surface area contributed by atoms with E-state index in [0.717, 1.165) is 6.42 Å². The Balaban J connectivity index is 2.31. The molecule has 1 aliphatic carbocycles. The van der Waals surface area contributed by atoms with Gasteiger partial charge < -0.3 is 14.9 Å². The molecule has 30 heavy (non-hydrogen) atoms. The summed E-state index contributed by atoms with van der Waals surface area (Å²) in [5, 5.41) is 21.4. The van der Waals surface area contributed by atoms with Crippen LogP contribution in [0.2, 0.25) is 0 Å². The van der Waals surface area contributed by atoms with E-state index in [4.69, 9.17) is 0 Å². The van der Waals surface area contributed by atoms with Crippen LogP contribution in [0.15, 0.2) is 42.5 Å². The van der Waals surface area contributed by atoms with Gasteiger partial charge in [0.25, 0.3) is 0 Å². The molecule has 1 fully saturated rings. The highest BCUT2D eigenvalue weighted by Gasteiger charge is 2.46. The monoisotopic (exact) mass is 439 g/mol. The summed E-state index contributed by atoms with van der Waals surface area (Å²) in [4.78, 5) is 11.4. The summed E-state index contributed by atoms with van der Waals surface area (Å²) in [7, 11) is -2.25. The summed E-state index contributed by atoms with van der Waals surface area (Å²) in [5.41, 5.74) is 0.547. The second-order valence-electron chi connectivity index (χ2n) is 7.71. The van der Waals surface area contributed by atoms with Crippen molar-refractivity contribution in [3.8, 4) is 0 Å². The van der Waals surface area contributed by atoms with Crippen molar-refractivity contribution in [1.82, 2.24) is 0 Å². The lowest BCUT2D eigenvalue weighted by molar-refractivity contribution is -0.134. The SMILES string of the molecule is CC[C@@H](CC=CC(=O)OC)[C@@H]1[C@@H](CN(c2ccccc2)S(=O)(=O)CC)[C@H](O)C[C@@H]1O. The molecule has 0 aliphatic heterocycles. The first-order chi connectivity index (χ1) is 14.2. The Hall–Kier alpha value is -1.90. The van der Waals surface area contributed by atoms with Crippen molar-refractivity contribution in [3.05, 3.63) is 42.5 Å². The van der Waals surface area contributed by atoms with Crippen LogP contribution in [0, 0.1) is 17.8 Å². The standard InChI is InChI=1S/C22H33NO6S/c1-4-16(10-9-13-21(26)29-3)22-18(19(24)14-20(22)25)15-23(30(27,28)5-2)17-11-7-6-8-12-17/h6-9,11-13,16,18-20,22,24-25H,4-5,10,14-15H2,1-3H3/t16-,18-,19+,20-,22+/m0/s1. The third-order valence-corrected chi connectivity index (χ3v) is 7.76. The first-order valence-electron chi connectivity index (χ1n) is 10.4. The van der Waals surface area contributed by atoms with Gasteiger partial charge in [-0.2, -0.15) is 0 Å².